The number of nitrogens with one attached hydrogen (secondary N) is 2. The van der Waals surface area contributed by atoms with Crippen molar-refractivity contribution in [3.63, 3.8) is 0 Å². The average molecular weight is 351 g/mol. The topological polar surface area (TPSA) is 83.1 Å². The number of fused-ring (bicyclic) bond motifs is 1. The first-order valence-corrected chi connectivity index (χ1v) is 8.70. The van der Waals surface area contributed by atoms with E-state index in [0.29, 0.717) is 23.8 Å². The summed E-state index contributed by atoms with van der Waals surface area (Å²) < 4.78 is 6.06. The van der Waals surface area contributed by atoms with Crippen LogP contribution in [0.15, 0.2) is 36.5 Å². The predicted octanol–water partition coefficient (Wildman–Crippen LogP) is 3.09. The molecule has 0 unspecified atom stereocenters. The Balaban J connectivity index is 1.60. The first-order valence-electron chi connectivity index (χ1n) is 8.70. The van der Waals surface area contributed by atoms with Crippen molar-refractivity contribution in [2.24, 2.45) is 0 Å². The molecule has 1 aromatic carbocycles. The minimum atomic E-state index is 0.103. The molecular formula is C19H21N5O2. The molecule has 3 aromatic rings. The molecule has 0 radical (unpaired) electrons. The van der Waals surface area contributed by atoms with Crippen LogP contribution in [0.4, 0.5) is 5.82 Å². The molecule has 0 saturated carbocycles. The van der Waals surface area contributed by atoms with Crippen LogP contribution in [0.25, 0.3) is 11.0 Å². The Bertz CT molecular complexity index is 935. The van der Waals surface area contributed by atoms with E-state index in [9.17, 15) is 4.79 Å². The number of amides is 1. The van der Waals surface area contributed by atoms with Gasteiger partial charge in [0.2, 0.25) is 5.91 Å². The van der Waals surface area contributed by atoms with E-state index < -0.39 is 0 Å². The molecule has 134 valence electrons. The maximum Gasteiger partial charge on any atom is 0.219 e. The molecule has 4 rings (SSSR count). The van der Waals surface area contributed by atoms with Crippen LogP contribution in [0.2, 0.25) is 0 Å². The van der Waals surface area contributed by atoms with Crippen molar-refractivity contribution < 1.29 is 9.53 Å². The number of pyridine rings is 1. The molecule has 2 N–H and O–H groups in total. The number of aryl methyl sites for hydroxylation is 1. The Morgan fingerprint density at radius 2 is 2.12 bits per heavy atom. The highest BCUT2D eigenvalue weighted by Crippen LogP contribution is 2.33. The van der Waals surface area contributed by atoms with Gasteiger partial charge in [0.25, 0.3) is 0 Å². The van der Waals surface area contributed by atoms with Crippen LogP contribution in [0.5, 0.6) is 11.5 Å². The van der Waals surface area contributed by atoms with Gasteiger partial charge in [-0.15, -0.1) is 0 Å². The number of likely N-dealkylation sites (tertiary alicyclic amines) is 1. The minimum Gasteiger partial charge on any atom is -0.456 e. The number of rotatable bonds is 4. The fourth-order valence-corrected chi connectivity index (χ4v) is 3.20. The number of nitrogens with zero attached hydrogens (tertiary/aromatic N) is 3. The van der Waals surface area contributed by atoms with Crippen molar-refractivity contribution in [1.82, 2.24) is 20.1 Å². The molecular weight excluding hydrogens is 330 g/mol. The van der Waals surface area contributed by atoms with E-state index in [2.05, 4.69) is 20.5 Å². The Hall–Kier alpha value is -3.09. The summed E-state index contributed by atoms with van der Waals surface area (Å²) >= 11 is 0. The Labute approximate surface area is 151 Å². The molecule has 7 heteroatoms. The van der Waals surface area contributed by atoms with Crippen molar-refractivity contribution in [2.75, 3.05) is 18.4 Å². The molecule has 1 aliphatic rings. The lowest BCUT2D eigenvalue weighted by atomic mass is 10.2. The van der Waals surface area contributed by atoms with Crippen LogP contribution in [-0.2, 0) is 4.79 Å². The SMILES string of the molecule is CC(=O)N1CC[C@@H](Nc2n[nH]c3nccc(Oc4ccc(C)cc4)c23)C1. The maximum absolute atomic E-state index is 11.5. The number of aromatic amines is 1. The second kappa shape index (κ2) is 6.67. The van der Waals surface area contributed by atoms with Gasteiger partial charge in [0.05, 0.1) is 0 Å². The van der Waals surface area contributed by atoms with E-state index in [1.165, 1.54) is 5.56 Å². The molecule has 0 aliphatic carbocycles. The first kappa shape index (κ1) is 16.4. The van der Waals surface area contributed by atoms with Gasteiger partial charge in [-0.25, -0.2) is 4.98 Å². The third-order valence-corrected chi connectivity index (χ3v) is 4.65. The second-order valence-electron chi connectivity index (χ2n) is 6.61. The molecule has 0 spiro atoms. The molecule has 3 heterocycles. The zero-order valence-corrected chi connectivity index (χ0v) is 14.8. The van der Waals surface area contributed by atoms with Crippen LogP contribution < -0.4 is 10.1 Å². The first-order chi connectivity index (χ1) is 12.6. The van der Waals surface area contributed by atoms with E-state index in [0.717, 1.165) is 24.1 Å². The highest BCUT2D eigenvalue weighted by atomic mass is 16.5. The summed E-state index contributed by atoms with van der Waals surface area (Å²) in [6, 6.07) is 9.90. The molecule has 1 fully saturated rings. The van der Waals surface area contributed by atoms with Gasteiger partial charge < -0.3 is 15.0 Å². The molecule has 1 amide bonds. The van der Waals surface area contributed by atoms with E-state index >= 15 is 0 Å². The van der Waals surface area contributed by atoms with E-state index in [1.54, 1.807) is 13.1 Å². The molecule has 0 bridgehead atoms. The van der Waals surface area contributed by atoms with Crippen LogP contribution in [-0.4, -0.2) is 45.1 Å². The quantitative estimate of drug-likeness (QED) is 0.755. The van der Waals surface area contributed by atoms with Crippen molar-refractivity contribution in [3.05, 3.63) is 42.1 Å². The molecule has 26 heavy (non-hydrogen) atoms. The number of carbonyl (C=O) groups excluding carboxylic acids is 1. The zero-order chi connectivity index (χ0) is 18.1. The molecule has 1 aliphatic heterocycles. The van der Waals surface area contributed by atoms with Gasteiger partial charge in [-0.05, 0) is 25.5 Å². The minimum absolute atomic E-state index is 0.103. The Morgan fingerprint density at radius 1 is 1.31 bits per heavy atom. The lowest BCUT2D eigenvalue weighted by Crippen LogP contribution is -2.29. The third-order valence-electron chi connectivity index (χ3n) is 4.65. The number of anilines is 1. The van der Waals surface area contributed by atoms with Crippen LogP contribution in [0, 0.1) is 6.92 Å². The lowest BCUT2D eigenvalue weighted by Gasteiger charge is -2.15. The highest BCUT2D eigenvalue weighted by Gasteiger charge is 2.25. The van der Waals surface area contributed by atoms with Crippen molar-refractivity contribution >= 4 is 22.8 Å². The number of aromatic nitrogens is 3. The predicted molar refractivity (Wildman–Crippen MR) is 99.4 cm³/mol. The fraction of sp³-hybridized carbons (Fsp3) is 0.316. The average Bonchev–Trinajstić information content (AvgIpc) is 3.26. The van der Waals surface area contributed by atoms with E-state index in [4.69, 9.17) is 4.74 Å². The second-order valence-corrected chi connectivity index (χ2v) is 6.61. The Kier molecular flexibility index (Phi) is 4.20. The monoisotopic (exact) mass is 351 g/mol. The number of H-pyrrole nitrogens is 1. The van der Waals surface area contributed by atoms with Gasteiger partial charge in [0.15, 0.2) is 11.5 Å². The number of benzene rings is 1. The summed E-state index contributed by atoms with van der Waals surface area (Å²) in [6.07, 6.45) is 2.59. The van der Waals surface area contributed by atoms with Gasteiger partial charge in [-0.3, -0.25) is 9.89 Å². The largest absolute Gasteiger partial charge is 0.456 e. The maximum atomic E-state index is 11.5. The van der Waals surface area contributed by atoms with Crippen molar-refractivity contribution in [2.45, 2.75) is 26.3 Å². The van der Waals surface area contributed by atoms with Gasteiger partial charge in [-0.1, -0.05) is 17.7 Å². The van der Waals surface area contributed by atoms with Crippen LogP contribution in [0.3, 0.4) is 0 Å². The van der Waals surface area contributed by atoms with Gasteiger partial charge in [0, 0.05) is 38.3 Å². The summed E-state index contributed by atoms with van der Waals surface area (Å²) in [5.74, 6) is 2.26. The van der Waals surface area contributed by atoms with E-state index in [-0.39, 0.29) is 11.9 Å². The van der Waals surface area contributed by atoms with Gasteiger partial charge >= 0.3 is 0 Å². The van der Waals surface area contributed by atoms with Crippen molar-refractivity contribution in [3.8, 4) is 11.5 Å². The number of carbonyl (C=O) groups is 1. The summed E-state index contributed by atoms with van der Waals surface area (Å²) in [7, 11) is 0. The number of ether oxygens (including phenoxy) is 1. The zero-order valence-electron chi connectivity index (χ0n) is 14.8. The third kappa shape index (κ3) is 3.20. The molecule has 2 aromatic heterocycles. The fourth-order valence-electron chi connectivity index (χ4n) is 3.20. The summed E-state index contributed by atoms with van der Waals surface area (Å²) in [5, 5.41) is 11.6. The standard InChI is InChI=1S/C19H21N5O2/c1-12-3-5-15(6-4-12)26-16-7-9-20-18-17(16)19(23-22-18)21-14-8-10-24(11-14)13(2)25/h3-7,9,14H,8,10-11H2,1-2H3,(H2,20,21,22,23)/t14-/m1/s1. The normalized spacial score (nSPS) is 16.8. The summed E-state index contributed by atoms with van der Waals surface area (Å²) in [5.41, 5.74) is 1.85. The van der Waals surface area contributed by atoms with E-state index in [1.807, 2.05) is 42.2 Å². The molecule has 1 atom stereocenters. The van der Waals surface area contributed by atoms with Gasteiger partial charge in [0.1, 0.15) is 16.9 Å². The number of hydrogen-bond acceptors (Lipinski definition) is 5. The number of hydrogen-bond donors (Lipinski definition) is 2. The Morgan fingerprint density at radius 3 is 2.85 bits per heavy atom. The van der Waals surface area contributed by atoms with Crippen LogP contribution >= 0.6 is 0 Å². The smallest absolute Gasteiger partial charge is 0.219 e. The summed E-state index contributed by atoms with van der Waals surface area (Å²) in [4.78, 5) is 17.7. The molecule has 1 saturated heterocycles. The highest BCUT2D eigenvalue weighted by molar-refractivity contribution is 5.93. The molecule has 7 nitrogen and oxygen atoms in total. The van der Waals surface area contributed by atoms with Crippen LogP contribution in [0.1, 0.15) is 18.9 Å². The van der Waals surface area contributed by atoms with Gasteiger partial charge in [-0.2, -0.15) is 5.10 Å². The summed E-state index contributed by atoms with van der Waals surface area (Å²) in [6.45, 7) is 5.08. The lowest BCUT2D eigenvalue weighted by molar-refractivity contribution is -0.127. The van der Waals surface area contributed by atoms with Crippen molar-refractivity contribution in [1.29, 1.82) is 0 Å².